The van der Waals surface area contributed by atoms with Crippen molar-refractivity contribution < 1.29 is 0 Å². The number of hydrogen-bond donors (Lipinski definition) is 2. The maximum atomic E-state index is 4.51. The van der Waals surface area contributed by atoms with Crippen LogP contribution < -0.4 is 10.2 Å². The Morgan fingerprint density at radius 2 is 2.22 bits per heavy atom. The smallest absolute Gasteiger partial charge is 0.245 e. The maximum absolute atomic E-state index is 4.51. The number of rotatable bonds is 2. The van der Waals surface area contributed by atoms with E-state index in [-0.39, 0.29) is 0 Å². The van der Waals surface area contributed by atoms with E-state index in [1.807, 2.05) is 19.3 Å². The molecular formula is C11H17N7. The van der Waals surface area contributed by atoms with Gasteiger partial charge in [0.15, 0.2) is 5.82 Å². The normalized spacial score (nSPS) is 16.8. The molecule has 2 N–H and O–H groups in total. The van der Waals surface area contributed by atoms with Gasteiger partial charge < -0.3 is 10.2 Å². The molecule has 7 heteroatoms. The summed E-state index contributed by atoms with van der Waals surface area (Å²) < 4.78 is 1.76. The molecule has 1 aliphatic rings. The Bertz CT molecular complexity index is 507. The van der Waals surface area contributed by atoms with Crippen LogP contribution in [0.1, 0.15) is 6.42 Å². The fraction of sp³-hybridized carbons (Fsp3) is 0.545. The van der Waals surface area contributed by atoms with Crippen LogP contribution in [0.4, 0.5) is 5.95 Å². The highest BCUT2D eigenvalue weighted by Crippen LogP contribution is 2.15. The molecule has 3 rings (SSSR count). The van der Waals surface area contributed by atoms with Crippen LogP contribution in [0, 0.1) is 0 Å². The Kier molecular flexibility index (Phi) is 2.97. The quantitative estimate of drug-likeness (QED) is 0.781. The van der Waals surface area contributed by atoms with Crippen LogP contribution in [-0.4, -0.2) is 51.1 Å². The second kappa shape index (κ2) is 4.77. The first-order valence-corrected chi connectivity index (χ1v) is 6.21. The molecule has 0 atom stereocenters. The van der Waals surface area contributed by atoms with Gasteiger partial charge in [-0.05, 0) is 19.0 Å². The van der Waals surface area contributed by atoms with Gasteiger partial charge in [-0.15, -0.1) is 5.10 Å². The molecule has 0 aromatic carbocycles. The molecule has 1 fully saturated rings. The molecule has 3 heterocycles. The van der Waals surface area contributed by atoms with Crippen molar-refractivity contribution in [2.45, 2.75) is 6.42 Å². The van der Waals surface area contributed by atoms with E-state index in [1.165, 1.54) is 0 Å². The zero-order valence-corrected chi connectivity index (χ0v) is 10.4. The molecule has 18 heavy (non-hydrogen) atoms. The van der Waals surface area contributed by atoms with Gasteiger partial charge in [-0.25, -0.2) is 0 Å². The fourth-order valence-corrected chi connectivity index (χ4v) is 2.10. The lowest BCUT2D eigenvalue weighted by Gasteiger charge is -2.16. The number of aromatic nitrogens is 5. The van der Waals surface area contributed by atoms with Crippen LogP contribution in [0.5, 0.6) is 0 Å². The van der Waals surface area contributed by atoms with E-state index in [0.29, 0.717) is 0 Å². The molecule has 0 bridgehead atoms. The van der Waals surface area contributed by atoms with Gasteiger partial charge in [-0.3, -0.25) is 9.78 Å². The van der Waals surface area contributed by atoms with Crippen molar-refractivity contribution in [3.05, 3.63) is 12.3 Å². The Hall–Kier alpha value is -1.89. The molecule has 0 spiro atoms. The summed E-state index contributed by atoms with van der Waals surface area (Å²) in [6.45, 7) is 3.98. The average Bonchev–Trinajstić information content (AvgIpc) is 2.92. The fourth-order valence-electron chi connectivity index (χ4n) is 2.10. The summed E-state index contributed by atoms with van der Waals surface area (Å²) >= 11 is 0. The summed E-state index contributed by atoms with van der Waals surface area (Å²) in [5.41, 5.74) is 0.823. The van der Waals surface area contributed by atoms with Crippen molar-refractivity contribution in [2.75, 3.05) is 31.1 Å². The SMILES string of the molecule is Cn1ccc(-c2nc(N3CCCNCC3)n[nH]2)n1. The number of nitrogens with zero attached hydrogens (tertiary/aromatic N) is 5. The third kappa shape index (κ3) is 2.21. The largest absolute Gasteiger partial charge is 0.338 e. The minimum Gasteiger partial charge on any atom is -0.338 e. The van der Waals surface area contributed by atoms with Gasteiger partial charge in [0.1, 0.15) is 5.69 Å². The molecule has 0 unspecified atom stereocenters. The second-order valence-corrected chi connectivity index (χ2v) is 4.45. The monoisotopic (exact) mass is 247 g/mol. The summed E-state index contributed by atoms with van der Waals surface area (Å²) in [6, 6.07) is 1.92. The van der Waals surface area contributed by atoms with Crippen LogP contribution >= 0.6 is 0 Å². The highest BCUT2D eigenvalue weighted by atomic mass is 15.4. The highest BCUT2D eigenvalue weighted by Gasteiger charge is 2.15. The Morgan fingerprint density at radius 3 is 3.06 bits per heavy atom. The summed E-state index contributed by atoms with van der Waals surface area (Å²) in [5.74, 6) is 1.49. The van der Waals surface area contributed by atoms with Gasteiger partial charge in [0.25, 0.3) is 0 Å². The molecule has 0 saturated carbocycles. The lowest BCUT2D eigenvalue weighted by atomic mass is 10.4. The number of hydrogen-bond acceptors (Lipinski definition) is 5. The molecule has 2 aromatic rings. The number of nitrogens with one attached hydrogen (secondary N) is 2. The third-order valence-corrected chi connectivity index (χ3v) is 3.05. The summed E-state index contributed by atoms with van der Waals surface area (Å²) in [7, 11) is 1.89. The van der Waals surface area contributed by atoms with E-state index < -0.39 is 0 Å². The number of aryl methyl sites for hydroxylation is 1. The van der Waals surface area contributed by atoms with Crippen LogP contribution in [0.25, 0.3) is 11.5 Å². The lowest BCUT2D eigenvalue weighted by molar-refractivity contribution is 0.724. The van der Waals surface area contributed by atoms with Gasteiger partial charge >= 0.3 is 0 Å². The predicted octanol–water partition coefficient (Wildman–Crippen LogP) is 0.00490. The van der Waals surface area contributed by atoms with Crippen molar-refractivity contribution in [1.82, 2.24) is 30.3 Å². The molecule has 96 valence electrons. The number of anilines is 1. The molecule has 2 aromatic heterocycles. The van der Waals surface area contributed by atoms with Crippen molar-refractivity contribution >= 4 is 5.95 Å². The zero-order chi connectivity index (χ0) is 12.4. The first kappa shape index (κ1) is 11.2. The minimum atomic E-state index is 0.725. The van der Waals surface area contributed by atoms with Gasteiger partial charge in [-0.2, -0.15) is 10.1 Å². The molecule has 0 amide bonds. The predicted molar refractivity (Wildman–Crippen MR) is 68.3 cm³/mol. The van der Waals surface area contributed by atoms with Crippen LogP contribution in [0.2, 0.25) is 0 Å². The van der Waals surface area contributed by atoms with E-state index in [9.17, 15) is 0 Å². The molecule has 0 radical (unpaired) electrons. The summed E-state index contributed by atoms with van der Waals surface area (Å²) in [6.07, 6.45) is 3.01. The van der Waals surface area contributed by atoms with Gasteiger partial charge in [0.05, 0.1) is 0 Å². The molecular weight excluding hydrogens is 230 g/mol. The van der Waals surface area contributed by atoms with E-state index in [0.717, 1.165) is 50.1 Å². The first-order chi connectivity index (χ1) is 8.83. The Labute approximate surface area is 105 Å². The summed E-state index contributed by atoms with van der Waals surface area (Å²) in [4.78, 5) is 6.71. The minimum absolute atomic E-state index is 0.725. The van der Waals surface area contributed by atoms with E-state index in [1.54, 1.807) is 4.68 Å². The third-order valence-electron chi connectivity index (χ3n) is 3.05. The van der Waals surface area contributed by atoms with E-state index in [4.69, 9.17) is 0 Å². The van der Waals surface area contributed by atoms with Crippen LogP contribution in [0.3, 0.4) is 0 Å². The number of aromatic amines is 1. The van der Waals surface area contributed by atoms with E-state index in [2.05, 4.69) is 30.5 Å². The summed E-state index contributed by atoms with van der Waals surface area (Å²) in [5, 5.41) is 14.9. The van der Waals surface area contributed by atoms with E-state index >= 15 is 0 Å². The van der Waals surface area contributed by atoms with Crippen LogP contribution in [0.15, 0.2) is 12.3 Å². The van der Waals surface area contributed by atoms with Crippen molar-refractivity contribution in [2.24, 2.45) is 7.05 Å². The average molecular weight is 247 g/mol. The molecule has 1 aliphatic heterocycles. The molecule has 0 aliphatic carbocycles. The highest BCUT2D eigenvalue weighted by molar-refractivity contribution is 5.50. The second-order valence-electron chi connectivity index (χ2n) is 4.45. The van der Waals surface area contributed by atoms with Crippen molar-refractivity contribution in [3.63, 3.8) is 0 Å². The topological polar surface area (TPSA) is 74.7 Å². The maximum Gasteiger partial charge on any atom is 0.245 e. The van der Waals surface area contributed by atoms with Crippen molar-refractivity contribution in [3.8, 4) is 11.5 Å². The first-order valence-electron chi connectivity index (χ1n) is 6.21. The Balaban J connectivity index is 1.80. The Morgan fingerprint density at radius 1 is 1.28 bits per heavy atom. The van der Waals surface area contributed by atoms with Gasteiger partial charge in [0.2, 0.25) is 5.95 Å². The zero-order valence-electron chi connectivity index (χ0n) is 10.4. The van der Waals surface area contributed by atoms with Crippen molar-refractivity contribution in [1.29, 1.82) is 0 Å². The number of H-pyrrole nitrogens is 1. The van der Waals surface area contributed by atoms with Gasteiger partial charge in [-0.1, -0.05) is 0 Å². The van der Waals surface area contributed by atoms with Crippen LogP contribution in [-0.2, 0) is 7.05 Å². The molecule has 7 nitrogen and oxygen atoms in total. The molecule has 1 saturated heterocycles. The lowest BCUT2D eigenvalue weighted by Crippen LogP contribution is -2.28. The van der Waals surface area contributed by atoms with Gasteiger partial charge in [0, 0.05) is 32.9 Å². The standard InChI is InChI=1S/C11H17N7/c1-17-7-3-9(16-17)10-13-11(15-14-10)18-6-2-4-12-5-8-18/h3,7,12H,2,4-6,8H2,1H3,(H,13,14,15).